The van der Waals surface area contributed by atoms with Crippen LogP contribution in [0.1, 0.15) is 36.7 Å². The fourth-order valence-corrected chi connectivity index (χ4v) is 3.99. The minimum atomic E-state index is -4.43. The zero-order chi connectivity index (χ0) is 22.1. The van der Waals surface area contributed by atoms with Gasteiger partial charge in [-0.2, -0.15) is 13.2 Å². The maximum Gasteiger partial charge on any atom is 0.416 e. The summed E-state index contributed by atoms with van der Waals surface area (Å²) in [7, 11) is 2.90. The standard InChI is InChI=1S/C20H21F3N4O2S/c1-4-5-9-14-24-16-15(18(28)27(3)19(29)26(16)2)17(25-14)30-11-12-7-6-8-13(10-12)20(21,22)23/h6-8,10H,4-5,9,11H2,1-3H3. The first-order chi connectivity index (χ1) is 14.1. The number of hydrogen-bond acceptors (Lipinski definition) is 5. The Balaban J connectivity index is 2.08. The van der Waals surface area contributed by atoms with Gasteiger partial charge in [-0.1, -0.05) is 31.5 Å². The highest BCUT2D eigenvalue weighted by atomic mass is 32.2. The van der Waals surface area contributed by atoms with Gasteiger partial charge in [0.15, 0.2) is 5.65 Å². The first-order valence-electron chi connectivity index (χ1n) is 9.39. The van der Waals surface area contributed by atoms with Crippen molar-refractivity contribution < 1.29 is 13.2 Å². The molecule has 0 aliphatic rings. The molecular formula is C20H21F3N4O2S. The molecule has 0 unspecified atom stereocenters. The molecule has 0 amide bonds. The fourth-order valence-electron chi connectivity index (χ4n) is 3.01. The number of nitrogens with zero attached hydrogens (tertiary/aromatic N) is 4. The van der Waals surface area contributed by atoms with Crippen LogP contribution in [-0.2, 0) is 32.4 Å². The lowest BCUT2D eigenvalue weighted by molar-refractivity contribution is -0.137. The molecule has 0 saturated carbocycles. The molecule has 10 heteroatoms. The third-order valence-electron chi connectivity index (χ3n) is 4.70. The van der Waals surface area contributed by atoms with Crippen molar-refractivity contribution in [1.82, 2.24) is 19.1 Å². The molecule has 2 aromatic heterocycles. The second-order valence-electron chi connectivity index (χ2n) is 6.94. The van der Waals surface area contributed by atoms with Gasteiger partial charge in [-0.05, 0) is 18.1 Å². The Morgan fingerprint density at radius 3 is 2.50 bits per heavy atom. The van der Waals surface area contributed by atoms with Gasteiger partial charge in [-0.25, -0.2) is 14.8 Å². The highest BCUT2D eigenvalue weighted by Crippen LogP contribution is 2.32. The van der Waals surface area contributed by atoms with Crippen molar-refractivity contribution in [2.24, 2.45) is 14.1 Å². The minimum Gasteiger partial charge on any atom is -0.280 e. The molecule has 30 heavy (non-hydrogen) atoms. The Bertz CT molecular complexity index is 1200. The zero-order valence-corrected chi connectivity index (χ0v) is 17.6. The first kappa shape index (κ1) is 22.1. The largest absolute Gasteiger partial charge is 0.416 e. The molecular weight excluding hydrogens is 417 g/mol. The van der Waals surface area contributed by atoms with Crippen molar-refractivity contribution in [1.29, 1.82) is 0 Å². The van der Waals surface area contributed by atoms with Crippen molar-refractivity contribution in [3.05, 3.63) is 62.1 Å². The number of rotatable bonds is 6. The predicted octanol–water partition coefficient (Wildman–Crippen LogP) is 3.68. The maximum absolute atomic E-state index is 13.0. The number of unbranched alkanes of at least 4 members (excludes halogenated alkanes) is 1. The minimum absolute atomic E-state index is 0.190. The van der Waals surface area contributed by atoms with Crippen LogP contribution in [0.15, 0.2) is 38.9 Å². The SMILES string of the molecule is CCCCc1nc(SCc2cccc(C(F)(F)F)c2)c2c(=O)n(C)c(=O)n(C)c2n1. The molecule has 0 aliphatic carbocycles. The molecule has 3 aromatic rings. The quantitative estimate of drug-likeness (QED) is 0.434. The second kappa shape index (κ2) is 8.63. The number of fused-ring (bicyclic) bond motifs is 1. The third-order valence-corrected chi connectivity index (χ3v) is 5.74. The molecule has 0 atom stereocenters. The summed E-state index contributed by atoms with van der Waals surface area (Å²) in [6.45, 7) is 2.02. The Kier molecular flexibility index (Phi) is 6.35. The van der Waals surface area contributed by atoms with Gasteiger partial charge >= 0.3 is 11.9 Å². The van der Waals surface area contributed by atoms with Gasteiger partial charge in [0.2, 0.25) is 0 Å². The van der Waals surface area contributed by atoms with Crippen molar-refractivity contribution >= 4 is 22.8 Å². The van der Waals surface area contributed by atoms with E-state index in [1.54, 1.807) is 6.07 Å². The maximum atomic E-state index is 13.0. The van der Waals surface area contributed by atoms with Crippen LogP contribution >= 0.6 is 11.8 Å². The molecule has 0 radical (unpaired) electrons. The van der Waals surface area contributed by atoms with Gasteiger partial charge in [0, 0.05) is 26.3 Å². The Labute approximate surface area is 174 Å². The van der Waals surface area contributed by atoms with E-state index >= 15 is 0 Å². The van der Waals surface area contributed by atoms with Gasteiger partial charge in [-0.3, -0.25) is 13.9 Å². The van der Waals surface area contributed by atoms with Crippen molar-refractivity contribution in [2.75, 3.05) is 0 Å². The van der Waals surface area contributed by atoms with E-state index < -0.39 is 23.0 Å². The van der Waals surface area contributed by atoms with Crippen LogP contribution < -0.4 is 11.2 Å². The first-order valence-corrected chi connectivity index (χ1v) is 10.4. The number of alkyl halides is 3. The fraction of sp³-hybridized carbons (Fsp3) is 0.400. The number of halogens is 3. The summed E-state index contributed by atoms with van der Waals surface area (Å²) in [5.74, 6) is 0.689. The lowest BCUT2D eigenvalue weighted by atomic mass is 10.1. The average molecular weight is 438 g/mol. The number of aromatic nitrogens is 4. The van der Waals surface area contributed by atoms with Crippen LogP contribution in [0, 0.1) is 0 Å². The molecule has 0 bridgehead atoms. The number of benzene rings is 1. The van der Waals surface area contributed by atoms with Crippen LogP contribution in [0.5, 0.6) is 0 Å². The van der Waals surface area contributed by atoms with Crippen LogP contribution in [0.25, 0.3) is 11.0 Å². The number of hydrogen-bond donors (Lipinski definition) is 0. The van der Waals surface area contributed by atoms with Crippen LogP contribution in [-0.4, -0.2) is 19.1 Å². The molecule has 0 spiro atoms. The molecule has 0 N–H and O–H groups in total. The van der Waals surface area contributed by atoms with E-state index in [0.29, 0.717) is 22.8 Å². The summed E-state index contributed by atoms with van der Waals surface area (Å²) < 4.78 is 41.2. The van der Waals surface area contributed by atoms with E-state index in [1.807, 2.05) is 6.92 Å². The highest BCUT2D eigenvalue weighted by molar-refractivity contribution is 7.98. The summed E-state index contributed by atoms with van der Waals surface area (Å²) in [4.78, 5) is 34.0. The summed E-state index contributed by atoms with van der Waals surface area (Å²) in [6.07, 6.45) is -2.09. The molecule has 0 fully saturated rings. The second-order valence-corrected chi connectivity index (χ2v) is 7.90. The number of thioether (sulfide) groups is 1. The molecule has 0 aliphatic heterocycles. The molecule has 0 saturated heterocycles. The summed E-state index contributed by atoms with van der Waals surface area (Å²) in [5.41, 5.74) is -1.06. The number of aryl methyl sites for hydroxylation is 2. The van der Waals surface area contributed by atoms with Crippen LogP contribution in [0.2, 0.25) is 0 Å². The van der Waals surface area contributed by atoms with Crippen LogP contribution in [0.4, 0.5) is 13.2 Å². The van der Waals surface area contributed by atoms with Gasteiger partial charge in [0.05, 0.1) is 5.56 Å². The predicted molar refractivity (Wildman–Crippen MR) is 110 cm³/mol. The van der Waals surface area contributed by atoms with Gasteiger partial charge in [-0.15, -0.1) is 11.8 Å². The highest BCUT2D eigenvalue weighted by Gasteiger charge is 2.30. The lowest BCUT2D eigenvalue weighted by Gasteiger charge is -2.12. The zero-order valence-electron chi connectivity index (χ0n) is 16.8. The van der Waals surface area contributed by atoms with Crippen molar-refractivity contribution in [2.45, 2.75) is 43.1 Å². The summed E-state index contributed by atoms with van der Waals surface area (Å²) in [6, 6.07) is 5.05. The molecule has 160 valence electrons. The molecule has 1 aromatic carbocycles. The van der Waals surface area contributed by atoms with Crippen LogP contribution in [0.3, 0.4) is 0 Å². The van der Waals surface area contributed by atoms with Gasteiger partial charge in [0.1, 0.15) is 16.2 Å². The smallest absolute Gasteiger partial charge is 0.280 e. The summed E-state index contributed by atoms with van der Waals surface area (Å²) in [5, 5.41) is 0.552. The third kappa shape index (κ3) is 4.43. The Hall–Kier alpha value is -2.62. The van der Waals surface area contributed by atoms with E-state index in [9.17, 15) is 22.8 Å². The molecule has 2 heterocycles. The van der Waals surface area contributed by atoms with Crippen molar-refractivity contribution in [3.8, 4) is 0 Å². The Morgan fingerprint density at radius 1 is 1.10 bits per heavy atom. The van der Waals surface area contributed by atoms with Gasteiger partial charge in [0.25, 0.3) is 5.56 Å². The van der Waals surface area contributed by atoms with E-state index in [2.05, 4.69) is 9.97 Å². The molecule has 6 nitrogen and oxygen atoms in total. The average Bonchev–Trinajstić information content (AvgIpc) is 2.72. The summed E-state index contributed by atoms with van der Waals surface area (Å²) >= 11 is 1.16. The van der Waals surface area contributed by atoms with E-state index in [0.717, 1.165) is 41.3 Å². The van der Waals surface area contributed by atoms with Crippen molar-refractivity contribution in [3.63, 3.8) is 0 Å². The van der Waals surface area contributed by atoms with E-state index in [4.69, 9.17) is 0 Å². The van der Waals surface area contributed by atoms with E-state index in [1.165, 1.54) is 24.7 Å². The Morgan fingerprint density at radius 2 is 1.83 bits per heavy atom. The monoisotopic (exact) mass is 438 g/mol. The van der Waals surface area contributed by atoms with Gasteiger partial charge < -0.3 is 0 Å². The lowest BCUT2D eigenvalue weighted by Crippen LogP contribution is -2.37. The van der Waals surface area contributed by atoms with E-state index in [-0.39, 0.29) is 16.8 Å². The topological polar surface area (TPSA) is 69.8 Å². The normalized spacial score (nSPS) is 11.9. The molecule has 3 rings (SSSR count).